The van der Waals surface area contributed by atoms with E-state index in [2.05, 4.69) is 19.8 Å². The molecule has 0 aliphatic heterocycles. The Kier molecular flexibility index (Phi) is 10.5. The van der Waals surface area contributed by atoms with Gasteiger partial charge in [0, 0.05) is 26.7 Å². The molecule has 0 aliphatic carbocycles. The quantitative estimate of drug-likeness (QED) is 0.264. The van der Waals surface area contributed by atoms with E-state index < -0.39 is 11.9 Å². The topological polar surface area (TPSA) is 69.0 Å². The van der Waals surface area contributed by atoms with Crippen LogP contribution >= 0.6 is 0 Å². The Balaban J connectivity index is 2.03. The summed E-state index contributed by atoms with van der Waals surface area (Å²) in [5.74, 6) is 2.54. The molecule has 0 fully saturated rings. The number of methoxy groups -OCH3 is 1. The molecule has 0 unspecified atom stereocenters. The maximum Gasteiger partial charge on any atom is 0.227 e. The molecule has 8 heteroatoms. The van der Waals surface area contributed by atoms with E-state index in [9.17, 15) is 9.50 Å². The smallest absolute Gasteiger partial charge is 0.227 e. The first kappa shape index (κ1) is 27.4. The van der Waals surface area contributed by atoms with Gasteiger partial charge in [0.25, 0.3) is 0 Å². The first-order chi connectivity index (χ1) is 17.4. The molecule has 192 valence electrons. The first-order valence-electron chi connectivity index (χ1n) is 11.9. The summed E-state index contributed by atoms with van der Waals surface area (Å²) in [5.41, 5.74) is 2.43. The van der Waals surface area contributed by atoms with E-state index in [0.717, 1.165) is 16.9 Å². The predicted octanol–water partition coefficient (Wildman–Crippen LogP) is 4.39. The fourth-order valence-electron chi connectivity index (χ4n) is 3.83. The highest BCUT2D eigenvalue weighted by Gasteiger charge is 2.26. The number of hydrogen-bond donors (Lipinski definition) is 1. The zero-order valence-corrected chi connectivity index (χ0v) is 21.1. The minimum absolute atomic E-state index is 0.0705. The van der Waals surface area contributed by atoms with Crippen molar-refractivity contribution in [1.29, 1.82) is 0 Å². The van der Waals surface area contributed by atoms with Crippen LogP contribution in [0.5, 0.6) is 11.6 Å². The van der Waals surface area contributed by atoms with Crippen LogP contribution < -0.4 is 4.74 Å². The molecule has 1 aromatic heterocycles. The fourth-order valence-corrected chi connectivity index (χ4v) is 3.83. The number of rotatable bonds is 14. The highest BCUT2D eigenvalue weighted by molar-refractivity contribution is 5.44. The number of aliphatic hydroxyl groups excluding tert-OH is 1. The molecule has 1 heterocycles. The van der Waals surface area contributed by atoms with Crippen molar-refractivity contribution in [2.24, 2.45) is 0 Å². The largest absolute Gasteiger partial charge is 0.435 e. The third-order valence-corrected chi connectivity index (χ3v) is 5.52. The van der Waals surface area contributed by atoms with E-state index in [1.54, 1.807) is 30.0 Å². The molecule has 2 aromatic carbocycles. The van der Waals surface area contributed by atoms with Crippen molar-refractivity contribution in [3.63, 3.8) is 0 Å². The van der Waals surface area contributed by atoms with Crippen LogP contribution in [0.1, 0.15) is 31.0 Å². The van der Waals surface area contributed by atoms with E-state index in [1.807, 2.05) is 35.2 Å². The molecule has 36 heavy (non-hydrogen) atoms. The van der Waals surface area contributed by atoms with Crippen molar-refractivity contribution in [2.45, 2.75) is 32.4 Å². The molecule has 0 bridgehead atoms. The van der Waals surface area contributed by atoms with Gasteiger partial charge in [0.15, 0.2) is 11.6 Å². The molecule has 1 N–H and O–H groups in total. The maximum atomic E-state index is 14.6. The number of aromatic nitrogens is 2. The lowest BCUT2D eigenvalue weighted by atomic mass is 10.1. The summed E-state index contributed by atoms with van der Waals surface area (Å²) in [6.07, 6.45) is 4.48. The predicted molar refractivity (Wildman–Crippen MR) is 137 cm³/mol. The molecule has 0 radical (unpaired) electrons. The zero-order valence-electron chi connectivity index (χ0n) is 21.1. The third kappa shape index (κ3) is 7.39. The number of hydrogen-bond acceptors (Lipinski definition) is 6. The molecule has 3 rings (SSSR count). The summed E-state index contributed by atoms with van der Waals surface area (Å²) < 4.78 is 33.1. The Bertz CT molecular complexity index is 1130. The lowest BCUT2D eigenvalue weighted by Crippen LogP contribution is -2.37. The van der Waals surface area contributed by atoms with Gasteiger partial charge in [0.2, 0.25) is 5.88 Å². The van der Waals surface area contributed by atoms with Crippen LogP contribution in [0.25, 0.3) is 5.69 Å². The Hall–Kier alpha value is -3.22. The molecular formula is C28H34FN3O4. The second-order valence-electron chi connectivity index (χ2n) is 8.70. The molecule has 7 nitrogen and oxygen atoms in total. The van der Waals surface area contributed by atoms with Crippen LogP contribution in [0.4, 0.5) is 4.39 Å². The Morgan fingerprint density at radius 2 is 1.86 bits per heavy atom. The second kappa shape index (κ2) is 13.8. The Morgan fingerprint density at radius 3 is 2.53 bits per heavy atom. The second-order valence-corrected chi connectivity index (χ2v) is 8.70. The van der Waals surface area contributed by atoms with Crippen LogP contribution in [0.3, 0.4) is 0 Å². The Morgan fingerprint density at radius 1 is 1.14 bits per heavy atom. The third-order valence-electron chi connectivity index (χ3n) is 5.52. The minimum atomic E-state index is -0.752. The van der Waals surface area contributed by atoms with Crippen molar-refractivity contribution in [3.8, 4) is 29.7 Å². The van der Waals surface area contributed by atoms with Crippen LogP contribution in [-0.4, -0.2) is 65.9 Å². The number of aliphatic hydroxyl groups is 1. The van der Waals surface area contributed by atoms with Crippen molar-refractivity contribution < 1.29 is 23.7 Å². The number of para-hydroxylation sites is 2. The summed E-state index contributed by atoms with van der Waals surface area (Å²) in [6, 6.07) is 15.9. The Labute approximate surface area is 212 Å². The number of terminal acetylenes is 1. The van der Waals surface area contributed by atoms with Crippen LogP contribution in [0.2, 0.25) is 0 Å². The van der Waals surface area contributed by atoms with Crippen molar-refractivity contribution in [3.05, 3.63) is 71.7 Å². The number of halogens is 1. The minimum Gasteiger partial charge on any atom is -0.435 e. The van der Waals surface area contributed by atoms with Gasteiger partial charge in [0.05, 0.1) is 36.3 Å². The summed E-state index contributed by atoms with van der Waals surface area (Å²) >= 11 is 0. The standard InChI is InChI=1S/C28H34FN3O4/c1-5-16-35-20-23(33)18-31(15-17-34-4)19-24-27(21(2)3)30-32(22-11-7-6-8-12-22)28(24)36-26-14-10-9-13-25(26)29/h1,6-14,21,23,33H,15-20H2,2-4H3/t23-/m1/s1. The highest BCUT2D eigenvalue weighted by atomic mass is 19.1. The molecule has 0 spiro atoms. The van der Waals surface area contributed by atoms with Crippen LogP contribution in [0.15, 0.2) is 54.6 Å². The van der Waals surface area contributed by atoms with Gasteiger partial charge in [-0.25, -0.2) is 9.07 Å². The summed E-state index contributed by atoms with van der Waals surface area (Å²) in [5, 5.41) is 15.4. The van der Waals surface area contributed by atoms with Gasteiger partial charge in [-0.15, -0.1) is 6.42 Å². The van der Waals surface area contributed by atoms with Crippen molar-refractivity contribution in [2.75, 3.05) is 40.0 Å². The summed E-state index contributed by atoms with van der Waals surface area (Å²) in [6.45, 7) is 6.09. The van der Waals surface area contributed by atoms with Gasteiger partial charge in [-0.1, -0.05) is 50.1 Å². The van der Waals surface area contributed by atoms with Gasteiger partial charge < -0.3 is 19.3 Å². The molecule has 0 aliphatic rings. The molecule has 0 saturated heterocycles. The van der Waals surface area contributed by atoms with Gasteiger partial charge in [-0.3, -0.25) is 4.90 Å². The SMILES string of the molecule is C#CCOC[C@H](O)CN(CCOC)Cc1c(C(C)C)nn(-c2ccccc2)c1Oc1ccccc1F. The van der Waals surface area contributed by atoms with Crippen LogP contribution in [0, 0.1) is 18.2 Å². The summed E-state index contributed by atoms with van der Waals surface area (Å²) in [4.78, 5) is 2.04. The lowest BCUT2D eigenvalue weighted by molar-refractivity contribution is 0.0205. The average Bonchev–Trinajstić information content (AvgIpc) is 3.22. The van der Waals surface area contributed by atoms with Gasteiger partial charge >= 0.3 is 0 Å². The van der Waals surface area contributed by atoms with E-state index in [0.29, 0.717) is 32.1 Å². The zero-order chi connectivity index (χ0) is 25.9. The van der Waals surface area contributed by atoms with E-state index in [-0.39, 0.29) is 24.9 Å². The maximum absolute atomic E-state index is 14.6. The first-order valence-corrected chi connectivity index (χ1v) is 11.9. The van der Waals surface area contributed by atoms with E-state index >= 15 is 0 Å². The number of nitrogens with zero attached hydrogens (tertiary/aromatic N) is 3. The monoisotopic (exact) mass is 495 g/mol. The van der Waals surface area contributed by atoms with E-state index in [4.69, 9.17) is 25.7 Å². The molecule has 3 aromatic rings. The molecule has 1 atom stereocenters. The average molecular weight is 496 g/mol. The molecular weight excluding hydrogens is 461 g/mol. The molecule has 0 amide bonds. The lowest BCUT2D eigenvalue weighted by Gasteiger charge is -2.25. The fraction of sp³-hybridized carbons (Fsp3) is 0.393. The van der Waals surface area contributed by atoms with E-state index in [1.165, 1.54) is 6.07 Å². The number of ether oxygens (including phenoxy) is 3. The van der Waals surface area contributed by atoms with Crippen LogP contribution in [-0.2, 0) is 16.0 Å². The molecule has 0 saturated carbocycles. The van der Waals surface area contributed by atoms with Gasteiger partial charge in [0.1, 0.15) is 6.61 Å². The normalized spacial score (nSPS) is 12.2. The van der Waals surface area contributed by atoms with Crippen molar-refractivity contribution in [1.82, 2.24) is 14.7 Å². The summed E-state index contributed by atoms with van der Waals surface area (Å²) in [7, 11) is 1.63. The highest BCUT2D eigenvalue weighted by Crippen LogP contribution is 2.35. The number of benzene rings is 2. The van der Waals surface area contributed by atoms with Gasteiger partial charge in [-0.05, 0) is 30.2 Å². The van der Waals surface area contributed by atoms with Gasteiger partial charge in [-0.2, -0.15) is 5.10 Å². The van der Waals surface area contributed by atoms with Crippen molar-refractivity contribution >= 4 is 0 Å².